The van der Waals surface area contributed by atoms with Gasteiger partial charge in [0.1, 0.15) is 5.76 Å². The molecule has 0 amide bonds. The zero-order valence-electron chi connectivity index (χ0n) is 8.44. The molecule has 82 valence electrons. The molecule has 1 fully saturated rings. The summed E-state index contributed by atoms with van der Waals surface area (Å²) in [6, 6.07) is 3.26. The lowest BCUT2D eigenvalue weighted by molar-refractivity contribution is 0.0661. The van der Waals surface area contributed by atoms with Crippen molar-refractivity contribution in [3.8, 4) is 0 Å². The van der Waals surface area contributed by atoms with E-state index in [1.807, 2.05) is 11.8 Å². The van der Waals surface area contributed by atoms with Crippen LogP contribution in [0.2, 0.25) is 0 Å². The third-order valence-electron chi connectivity index (χ3n) is 2.48. The van der Waals surface area contributed by atoms with Crippen molar-refractivity contribution in [2.45, 2.75) is 25.0 Å². The molecule has 0 spiro atoms. The zero-order valence-corrected chi connectivity index (χ0v) is 9.26. The van der Waals surface area contributed by atoms with E-state index in [4.69, 9.17) is 9.52 Å². The predicted molar refractivity (Wildman–Crippen MR) is 59.2 cm³/mol. The summed E-state index contributed by atoms with van der Waals surface area (Å²) >= 11 is 1.81. The van der Waals surface area contributed by atoms with Gasteiger partial charge >= 0.3 is 5.97 Å². The van der Waals surface area contributed by atoms with Crippen molar-refractivity contribution in [1.29, 1.82) is 0 Å². The van der Waals surface area contributed by atoms with Crippen molar-refractivity contribution in [3.63, 3.8) is 0 Å². The Labute approximate surface area is 92.9 Å². The largest absolute Gasteiger partial charge is 0.475 e. The number of carboxylic acids is 1. The van der Waals surface area contributed by atoms with Crippen LogP contribution < -0.4 is 0 Å². The minimum absolute atomic E-state index is 0.0350. The summed E-state index contributed by atoms with van der Waals surface area (Å²) in [5.41, 5.74) is 0. The molecule has 0 atom stereocenters. The first-order chi connectivity index (χ1) is 7.25. The van der Waals surface area contributed by atoms with Crippen LogP contribution in [0.25, 0.3) is 0 Å². The maximum Gasteiger partial charge on any atom is 0.371 e. The highest BCUT2D eigenvalue weighted by atomic mass is 32.2. The molecule has 0 bridgehead atoms. The van der Waals surface area contributed by atoms with E-state index in [-0.39, 0.29) is 5.76 Å². The highest BCUT2D eigenvalue weighted by molar-refractivity contribution is 7.98. The summed E-state index contributed by atoms with van der Waals surface area (Å²) in [5, 5.41) is 8.65. The van der Waals surface area contributed by atoms with Gasteiger partial charge in [-0.3, -0.25) is 0 Å². The number of hydrogen-bond donors (Lipinski definition) is 1. The quantitative estimate of drug-likeness (QED) is 0.757. The Bertz CT molecular complexity index is 341. The Balaban J connectivity index is 1.70. The highest BCUT2D eigenvalue weighted by Crippen LogP contribution is 2.33. The molecule has 0 aromatic carbocycles. The fourth-order valence-corrected chi connectivity index (χ4v) is 2.40. The summed E-state index contributed by atoms with van der Waals surface area (Å²) in [4.78, 5) is 10.5. The molecular weight excluding hydrogens is 212 g/mol. The van der Waals surface area contributed by atoms with Gasteiger partial charge in [0.25, 0.3) is 0 Å². The van der Waals surface area contributed by atoms with Gasteiger partial charge in [0.05, 0.1) is 5.75 Å². The Hall–Kier alpha value is -0.900. The number of hydrogen-bond acceptors (Lipinski definition) is 3. The van der Waals surface area contributed by atoms with Crippen molar-refractivity contribution in [2.24, 2.45) is 5.92 Å². The Kier molecular flexibility index (Phi) is 3.36. The lowest BCUT2D eigenvalue weighted by Crippen LogP contribution is -1.91. The first-order valence-corrected chi connectivity index (χ1v) is 6.31. The molecule has 1 aliphatic carbocycles. The lowest BCUT2D eigenvalue weighted by Gasteiger charge is -1.97. The normalized spacial score (nSPS) is 15.5. The van der Waals surface area contributed by atoms with Gasteiger partial charge in [0.15, 0.2) is 0 Å². The molecule has 1 saturated carbocycles. The van der Waals surface area contributed by atoms with E-state index in [1.165, 1.54) is 25.3 Å². The van der Waals surface area contributed by atoms with Gasteiger partial charge in [-0.2, -0.15) is 11.8 Å². The Morgan fingerprint density at radius 3 is 2.93 bits per heavy atom. The van der Waals surface area contributed by atoms with Crippen LogP contribution in [0.3, 0.4) is 0 Å². The van der Waals surface area contributed by atoms with Crippen LogP contribution in [0.1, 0.15) is 35.6 Å². The topological polar surface area (TPSA) is 50.4 Å². The van der Waals surface area contributed by atoms with Gasteiger partial charge in [-0.1, -0.05) is 12.8 Å². The van der Waals surface area contributed by atoms with Crippen LogP contribution in [0.5, 0.6) is 0 Å². The van der Waals surface area contributed by atoms with E-state index in [2.05, 4.69) is 0 Å². The van der Waals surface area contributed by atoms with E-state index < -0.39 is 5.97 Å². The van der Waals surface area contributed by atoms with E-state index in [1.54, 1.807) is 6.07 Å². The summed E-state index contributed by atoms with van der Waals surface area (Å²) in [5.74, 6) is 2.68. The average Bonchev–Trinajstić information content (AvgIpc) is 2.90. The maximum atomic E-state index is 10.5. The Morgan fingerprint density at radius 1 is 1.53 bits per heavy atom. The molecule has 3 nitrogen and oxygen atoms in total. The van der Waals surface area contributed by atoms with Crippen LogP contribution in [0.15, 0.2) is 16.5 Å². The van der Waals surface area contributed by atoms with Crippen molar-refractivity contribution in [2.75, 3.05) is 5.75 Å². The number of carboxylic acid groups (broad SMARTS) is 1. The molecular formula is C11H14O3S. The van der Waals surface area contributed by atoms with Gasteiger partial charge in [-0.15, -0.1) is 0 Å². The van der Waals surface area contributed by atoms with Crippen molar-refractivity contribution < 1.29 is 14.3 Å². The van der Waals surface area contributed by atoms with Crippen LogP contribution in [-0.4, -0.2) is 16.8 Å². The van der Waals surface area contributed by atoms with Crippen LogP contribution in [-0.2, 0) is 5.75 Å². The molecule has 1 aliphatic rings. The van der Waals surface area contributed by atoms with Crippen LogP contribution >= 0.6 is 11.8 Å². The van der Waals surface area contributed by atoms with Crippen molar-refractivity contribution in [3.05, 3.63) is 23.7 Å². The fraction of sp³-hybridized carbons (Fsp3) is 0.545. The first kappa shape index (κ1) is 10.6. The zero-order chi connectivity index (χ0) is 10.7. The second kappa shape index (κ2) is 4.75. The first-order valence-electron chi connectivity index (χ1n) is 5.15. The van der Waals surface area contributed by atoms with E-state index in [0.717, 1.165) is 23.2 Å². The number of carbonyl (C=O) groups is 1. The van der Waals surface area contributed by atoms with Gasteiger partial charge in [-0.05, 0) is 30.2 Å². The number of furan rings is 1. The molecule has 0 radical (unpaired) electrons. The number of aromatic carboxylic acids is 1. The molecule has 0 aliphatic heterocycles. The van der Waals surface area contributed by atoms with Crippen LogP contribution in [0.4, 0.5) is 0 Å². The van der Waals surface area contributed by atoms with Gasteiger partial charge < -0.3 is 9.52 Å². The Morgan fingerprint density at radius 2 is 2.33 bits per heavy atom. The molecule has 0 saturated heterocycles. The van der Waals surface area contributed by atoms with Crippen molar-refractivity contribution >= 4 is 17.7 Å². The molecule has 1 aromatic heterocycles. The lowest BCUT2D eigenvalue weighted by atomic mass is 10.3. The predicted octanol–water partition coefficient (Wildman–Crippen LogP) is 3.01. The minimum atomic E-state index is -0.996. The summed E-state index contributed by atoms with van der Waals surface area (Å²) in [6.07, 6.45) is 4.08. The molecule has 15 heavy (non-hydrogen) atoms. The van der Waals surface area contributed by atoms with Crippen LogP contribution in [0, 0.1) is 5.92 Å². The fourth-order valence-electron chi connectivity index (χ4n) is 1.40. The standard InChI is InChI=1S/C11H14O3S/c12-11(13)10-4-3-9(14-10)7-15-6-5-8-1-2-8/h3-4,8H,1-2,5-7H2,(H,12,13). The molecule has 1 aromatic rings. The summed E-state index contributed by atoms with van der Waals surface area (Å²) in [6.45, 7) is 0. The van der Waals surface area contributed by atoms with E-state index >= 15 is 0 Å². The summed E-state index contributed by atoms with van der Waals surface area (Å²) < 4.78 is 5.15. The molecule has 1 N–H and O–H groups in total. The van der Waals surface area contributed by atoms with Gasteiger partial charge in [-0.25, -0.2) is 4.79 Å². The summed E-state index contributed by atoms with van der Waals surface area (Å²) in [7, 11) is 0. The second-order valence-corrected chi connectivity index (χ2v) is 4.96. The molecule has 4 heteroatoms. The molecule has 0 unspecified atom stereocenters. The second-order valence-electron chi connectivity index (χ2n) is 3.86. The highest BCUT2D eigenvalue weighted by Gasteiger charge is 2.20. The van der Waals surface area contributed by atoms with Gasteiger partial charge in [0, 0.05) is 0 Å². The third-order valence-corrected chi connectivity index (χ3v) is 3.50. The molecule has 1 heterocycles. The third kappa shape index (κ3) is 3.30. The monoisotopic (exact) mass is 226 g/mol. The number of rotatable bonds is 6. The van der Waals surface area contributed by atoms with Crippen molar-refractivity contribution in [1.82, 2.24) is 0 Å². The van der Waals surface area contributed by atoms with E-state index in [0.29, 0.717) is 0 Å². The SMILES string of the molecule is O=C(O)c1ccc(CSCCC2CC2)o1. The smallest absolute Gasteiger partial charge is 0.371 e. The average molecular weight is 226 g/mol. The van der Waals surface area contributed by atoms with Gasteiger partial charge in [0.2, 0.25) is 5.76 Å². The number of thioether (sulfide) groups is 1. The maximum absolute atomic E-state index is 10.5. The van der Waals surface area contributed by atoms with E-state index in [9.17, 15) is 4.79 Å². The molecule has 2 rings (SSSR count). The minimum Gasteiger partial charge on any atom is -0.475 e.